The average Bonchev–Trinajstić information content (AvgIpc) is 2.49. The van der Waals surface area contributed by atoms with Gasteiger partial charge in [-0.3, -0.25) is 9.69 Å². The summed E-state index contributed by atoms with van der Waals surface area (Å²) in [5.74, 6) is -0.145. The zero-order chi connectivity index (χ0) is 14.2. The average molecular weight is 286 g/mol. The van der Waals surface area contributed by atoms with E-state index in [0.717, 1.165) is 39.1 Å². The van der Waals surface area contributed by atoms with Crippen LogP contribution in [0.4, 0.5) is 0 Å². The molecular formula is C14H26N2O4. The van der Waals surface area contributed by atoms with Crippen LogP contribution in [0.1, 0.15) is 26.2 Å². The van der Waals surface area contributed by atoms with E-state index in [9.17, 15) is 4.79 Å². The molecule has 2 heterocycles. The Labute approximate surface area is 120 Å². The highest BCUT2D eigenvalue weighted by Crippen LogP contribution is 2.14. The number of nitrogens with zero attached hydrogens (tertiary/aromatic N) is 1. The van der Waals surface area contributed by atoms with E-state index in [1.807, 2.05) is 6.92 Å². The van der Waals surface area contributed by atoms with Crippen LogP contribution < -0.4 is 5.32 Å². The number of carbonyl (C=O) groups excluding carboxylic acids is 1. The highest BCUT2D eigenvalue weighted by molar-refractivity contribution is 5.76. The third kappa shape index (κ3) is 4.70. The van der Waals surface area contributed by atoms with Gasteiger partial charge >= 0.3 is 5.97 Å². The molecule has 0 amide bonds. The fourth-order valence-corrected chi connectivity index (χ4v) is 2.63. The van der Waals surface area contributed by atoms with E-state index in [2.05, 4.69) is 10.2 Å². The largest absolute Gasteiger partial charge is 0.465 e. The van der Waals surface area contributed by atoms with Gasteiger partial charge in [0.15, 0.2) is 6.29 Å². The SMILES string of the molecule is CCOC(=O)C1CNCCN1CCOC1CCCCO1. The number of hydrogen-bond donors (Lipinski definition) is 1. The highest BCUT2D eigenvalue weighted by atomic mass is 16.7. The van der Waals surface area contributed by atoms with Gasteiger partial charge in [-0.1, -0.05) is 0 Å². The summed E-state index contributed by atoms with van der Waals surface area (Å²) in [5.41, 5.74) is 0. The Hall–Kier alpha value is -0.690. The minimum atomic E-state index is -0.195. The Balaban J connectivity index is 1.72. The molecule has 2 aliphatic rings. The molecule has 116 valence electrons. The van der Waals surface area contributed by atoms with Crippen LogP contribution in [0.3, 0.4) is 0 Å². The molecule has 0 aromatic rings. The van der Waals surface area contributed by atoms with Crippen LogP contribution in [-0.2, 0) is 19.0 Å². The van der Waals surface area contributed by atoms with Crippen molar-refractivity contribution in [2.24, 2.45) is 0 Å². The van der Waals surface area contributed by atoms with Crippen LogP contribution in [0.2, 0.25) is 0 Å². The molecule has 2 atom stereocenters. The fraction of sp³-hybridized carbons (Fsp3) is 0.929. The summed E-state index contributed by atoms with van der Waals surface area (Å²) in [4.78, 5) is 14.0. The van der Waals surface area contributed by atoms with E-state index in [1.54, 1.807) is 0 Å². The smallest absolute Gasteiger partial charge is 0.324 e. The first kappa shape index (κ1) is 15.7. The third-order valence-electron chi connectivity index (χ3n) is 3.73. The standard InChI is InChI=1S/C14H26N2O4/c1-2-18-14(17)12-11-15-6-7-16(12)8-10-20-13-5-3-4-9-19-13/h12-13,15H,2-11H2,1H3. The van der Waals surface area contributed by atoms with Gasteiger partial charge in [-0.15, -0.1) is 0 Å². The molecule has 6 heteroatoms. The molecule has 0 aliphatic carbocycles. The Morgan fingerprint density at radius 3 is 3.10 bits per heavy atom. The summed E-state index contributed by atoms with van der Waals surface area (Å²) in [6, 6.07) is -0.195. The molecule has 0 saturated carbocycles. The van der Waals surface area contributed by atoms with Gasteiger partial charge in [0, 0.05) is 32.8 Å². The Kier molecular flexibility index (Phi) is 6.72. The molecule has 2 fully saturated rings. The summed E-state index contributed by atoms with van der Waals surface area (Å²) < 4.78 is 16.4. The van der Waals surface area contributed by atoms with Crippen molar-refractivity contribution >= 4 is 5.97 Å². The van der Waals surface area contributed by atoms with Gasteiger partial charge in [0.2, 0.25) is 0 Å². The van der Waals surface area contributed by atoms with Gasteiger partial charge in [0.25, 0.3) is 0 Å². The maximum absolute atomic E-state index is 11.9. The summed E-state index contributed by atoms with van der Waals surface area (Å²) in [7, 11) is 0. The molecule has 20 heavy (non-hydrogen) atoms. The van der Waals surface area contributed by atoms with E-state index in [1.165, 1.54) is 6.42 Å². The van der Waals surface area contributed by atoms with E-state index in [0.29, 0.717) is 19.8 Å². The zero-order valence-corrected chi connectivity index (χ0v) is 12.3. The molecule has 2 rings (SSSR count). The lowest BCUT2D eigenvalue weighted by molar-refractivity contribution is -0.167. The number of nitrogens with one attached hydrogen (secondary N) is 1. The Morgan fingerprint density at radius 2 is 2.35 bits per heavy atom. The predicted molar refractivity (Wildman–Crippen MR) is 74.4 cm³/mol. The van der Waals surface area contributed by atoms with Crippen LogP contribution in [0.5, 0.6) is 0 Å². The van der Waals surface area contributed by atoms with Crippen LogP contribution in [0, 0.1) is 0 Å². The van der Waals surface area contributed by atoms with Crippen LogP contribution in [0.25, 0.3) is 0 Å². The van der Waals surface area contributed by atoms with Crippen LogP contribution in [-0.4, -0.2) is 69.2 Å². The number of piperazine rings is 1. The molecule has 2 saturated heterocycles. The van der Waals surface area contributed by atoms with Gasteiger partial charge in [-0.25, -0.2) is 0 Å². The molecule has 0 bridgehead atoms. The molecular weight excluding hydrogens is 260 g/mol. The number of hydrogen-bond acceptors (Lipinski definition) is 6. The summed E-state index contributed by atoms with van der Waals surface area (Å²) in [5, 5.41) is 3.24. The quantitative estimate of drug-likeness (QED) is 0.712. The van der Waals surface area contributed by atoms with Crippen molar-refractivity contribution in [2.75, 3.05) is 46.0 Å². The zero-order valence-electron chi connectivity index (χ0n) is 12.3. The lowest BCUT2D eigenvalue weighted by atomic mass is 10.2. The number of carbonyl (C=O) groups is 1. The van der Waals surface area contributed by atoms with Crippen molar-refractivity contribution in [3.8, 4) is 0 Å². The minimum Gasteiger partial charge on any atom is -0.465 e. The Morgan fingerprint density at radius 1 is 1.45 bits per heavy atom. The maximum Gasteiger partial charge on any atom is 0.324 e. The first-order chi connectivity index (χ1) is 9.81. The van der Waals surface area contributed by atoms with Crippen molar-refractivity contribution in [1.29, 1.82) is 0 Å². The monoisotopic (exact) mass is 286 g/mol. The van der Waals surface area contributed by atoms with Crippen molar-refractivity contribution in [1.82, 2.24) is 10.2 Å². The van der Waals surface area contributed by atoms with Gasteiger partial charge in [-0.2, -0.15) is 0 Å². The molecule has 2 aliphatic heterocycles. The normalized spacial score (nSPS) is 28.2. The second kappa shape index (κ2) is 8.56. The molecule has 0 aromatic carbocycles. The molecule has 2 unspecified atom stereocenters. The van der Waals surface area contributed by atoms with Crippen molar-refractivity contribution in [2.45, 2.75) is 38.5 Å². The molecule has 6 nitrogen and oxygen atoms in total. The topological polar surface area (TPSA) is 60.0 Å². The lowest BCUT2D eigenvalue weighted by Crippen LogP contribution is -2.56. The van der Waals surface area contributed by atoms with E-state index < -0.39 is 0 Å². The molecule has 0 aromatic heterocycles. The van der Waals surface area contributed by atoms with E-state index >= 15 is 0 Å². The third-order valence-corrected chi connectivity index (χ3v) is 3.73. The highest BCUT2D eigenvalue weighted by Gasteiger charge is 2.29. The van der Waals surface area contributed by atoms with Crippen molar-refractivity contribution in [3.63, 3.8) is 0 Å². The first-order valence-electron chi connectivity index (χ1n) is 7.66. The molecule has 0 spiro atoms. The summed E-state index contributed by atoms with van der Waals surface area (Å²) in [6.45, 7) is 6.79. The van der Waals surface area contributed by atoms with Crippen LogP contribution >= 0.6 is 0 Å². The summed E-state index contributed by atoms with van der Waals surface area (Å²) >= 11 is 0. The maximum atomic E-state index is 11.9. The van der Waals surface area contributed by atoms with E-state index in [-0.39, 0.29) is 18.3 Å². The van der Waals surface area contributed by atoms with Gasteiger partial charge in [-0.05, 0) is 26.2 Å². The number of rotatable bonds is 6. The van der Waals surface area contributed by atoms with Crippen LogP contribution in [0.15, 0.2) is 0 Å². The minimum absolute atomic E-state index is 0.0623. The second-order valence-electron chi connectivity index (χ2n) is 5.17. The van der Waals surface area contributed by atoms with Gasteiger partial charge in [0.05, 0.1) is 13.2 Å². The first-order valence-corrected chi connectivity index (χ1v) is 7.66. The number of esters is 1. The lowest BCUT2D eigenvalue weighted by Gasteiger charge is -2.34. The molecule has 1 N–H and O–H groups in total. The van der Waals surface area contributed by atoms with Crippen molar-refractivity contribution in [3.05, 3.63) is 0 Å². The second-order valence-corrected chi connectivity index (χ2v) is 5.17. The van der Waals surface area contributed by atoms with Crippen molar-refractivity contribution < 1.29 is 19.0 Å². The van der Waals surface area contributed by atoms with E-state index in [4.69, 9.17) is 14.2 Å². The fourth-order valence-electron chi connectivity index (χ4n) is 2.63. The summed E-state index contributed by atoms with van der Waals surface area (Å²) in [6.07, 6.45) is 3.21. The van der Waals surface area contributed by atoms with Gasteiger partial charge < -0.3 is 19.5 Å². The number of ether oxygens (including phenoxy) is 3. The Bertz CT molecular complexity index is 295. The van der Waals surface area contributed by atoms with Gasteiger partial charge in [0.1, 0.15) is 6.04 Å². The molecule has 0 radical (unpaired) electrons. The predicted octanol–water partition coefficient (Wildman–Crippen LogP) is 0.367.